The molecule has 4 heterocycles. The fraction of sp³-hybridized carbons (Fsp3) is 0.455. The van der Waals surface area contributed by atoms with Crippen molar-refractivity contribution in [3.63, 3.8) is 0 Å². The summed E-state index contributed by atoms with van der Waals surface area (Å²) >= 11 is 1.18. The summed E-state index contributed by atoms with van der Waals surface area (Å²) in [6.07, 6.45) is 7.98. The van der Waals surface area contributed by atoms with Crippen molar-refractivity contribution in [1.29, 1.82) is 0 Å². The summed E-state index contributed by atoms with van der Waals surface area (Å²) in [7, 11) is -3.48. The van der Waals surface area contributed by atoms with Crippen molar-refractivity contribution in [2.45, 2.75) is 37.5 Å². The summed E-state index contributed by atoms with van der Waals surface area (Å²) in [5.41, 5.74) is 1.05. The Morgan fingerprint density at radius 1 is 1.25 bits per heavy atom. The normalized spacial score (nSPS) is 18.5. The van der Waals surface area contributed by atoms with Crippen LogP contribution >= 0.6 is 11.3 Å². The third kappa shape index (κ3) is 5.60. The van der Waals surface area contributed by atoms with Crippen LogP contribution < -0.4 is 14.8 Å². The number of sulfonamides is 1. The predicted molar refractivity (Wildman–Crippen MR) is 135 cm³/mol. The van der Waals surface area contributed by atoms with Gasteiger partial charge in [0.25, 0.3) is 5.91 Å². The molecule has 2 aliphatic rings. The van der Waals surface area contributed by atoms with E-state index in [0.717, 1.165) is 6.42 Å². The van der Waals surface area contributed by atoms with Gasteiger partial charge in [0.05, 0.1) is 47.5 Å². The van der Waals surface area contributed by atoms with Gasteiger partial charge in [-0.05, 0) is 26.2 Å². The molecule has 36 heavy (non-hydrogen) atoms. The molecule has 0 spiro atoms. The van der Waals surface area contributed by atoms with Gasteiger partial charge in [0.15, 0.2) is 5.01 Å². The summed E-state index contributed by atoms with van der Waals surface area (Å²) in [6.45, 7) is 3.34. The molecular formula is C22H29N7O5S2. The van der Waals surface area contributed by atoms with Gasteiger partial charge in [0.1, 0.15) is 17.8 Å². The first-order valence-corrected chi connectivity index (χ1v) is 13.9. The molecule has 1 aliphatic heterocycles. The molecular weight excluding hydrogens is 506 g/mol. The maximum Gasteiger partial charge on any atom is 0.280 e. The Morgan fingerprint density at radius 2 is 2.11 bits per heavy atom. The van der Waals surface area contributed by atoms with Gasteiger partial charge in [-0.15, -0.1) is 11.3 Å². The lowest BCUT2D eigenvalue weighted by Crippen LogP contribution is -2.34. The number of aromatic nitrogens is 5. The molecule has 5 rings (SSSR count). The highest BCUT2D eigenvalue weighted by molar-refractivity contribution is 7.93. The minimum absolute atomic E-state index is 0. The van der Waals surface area contributed by atoms with E-state index in [0.29, 0.717) is 54.8 Å². The Kier molecular flexibility index (Phi) is 7.07. The van der Waals surface area contributed by atoms with Crippen LogP contribution in [0.2, 0.25) is 0 Å². The lowest BCUT2D eigenvalue weighted by molar-refractivity contribution is 0.0914. The van der Waals surface area contributed by atoms with Gasteiger partial charge in [0, 0.05) is 27.6 Å². The molecule has 12 nitrogen and oxygen atoms in total. The number of thiazole rings is 1. The second-order valence-corrected chi connectivity index (χ2v) is 11.4. The highest BCUT2D eigenvalue weighted by Crippen LogP contribution is 2.32. The van der Waals surface area contributed by atoms with Crippen LogP contribution in [0.1, 0.15) is 50.6 Å². The first-order chi connectivity index (χ1) is 17.4. The van der Waals surface area contributed by atoms with Crippen molar-refractivity contribution in [3.8, 4) is 16.5 Å². The highest BCUT2D eigenvalue weighted by atomic mass is 32.2. The maximum absolute atomic E-state index is 13.2. The number of nitrogens with one attached hydrogen (secondary N) is 2. The topological polar surface area (TPSA) is 158 Å². The van der Waals surface area contributed by atoms with Crippen LogP contribution in [0, 0.1) is 5.92 Å². The average molecular weight is 536 g/mol. The molecule has 0 aromatic carbocycles. The van der Waals surface area contributed by atoms with Crippen molar-refractivity contribution < 1.29 is 25.5 Å². The van der Waals surface area contributed by atoms with E-state index in [1.165, 1.54) is 23.9 Å². The van der Waals surface area contributed by atoms with E-state index in [4.69, 9.17) is 9.47 Å². The zero-order valence-electron chi connectivity index (χ0n) is 19.5. The van der Waals surface area contributed by atoms with Crippen molar-refractivity contribution in [1.82, 2.24) is 30.2 Å². The quantitative estimate of drug-likeness (QED) is 0.395. The summed E-state index contributed by atoms with van der Waals surface area (Å²) in [4.78, 5) is 35.1. The Hall–Kier alpha value is -3.23. The molecule has 2 fully saturated rings. The smallest absolute Gasteiger partial charge is 0.280 e. The van der Waals surface area contributed by atoms with Gasteiger partial charge >= 0.3 is 0 Å². The Morgan fingerprint density at radius 3 is 2.86 bits per heavy atom. The first-order valence-electron chi connectivity index (χ1n) is 11.6. The fourth-order valence-electron chi connectivity index (χ4n) is 3.84. The summed E-state index contributed by atoms with van der Waals surface area (Å²) < 4.78 is 38.2. The molecule has 194 valence electrons. The van der Waals surface area contributed by atoms with Crippen molar-refractivity contribution in [2.75, 3.05) is 24.5 Å². The first kappa shape index (κ1) is 24.5. The molecule has 3 aromatic heterocycles. The highest BCUT2D eigenvalue weighted by Gasteiger charge is 2.36. The lowest BCUT2D eigenvalue weighted by Gasteiger charge is -2.23. The van der Waals surface area contributed by atoms with Crippen LogP contribution in [0.15, 0.2) is 31.0 Å². The largest absolute Gasteiger partial charge is 0.477 e. The number of hydrogen-bond donors (Lipinski definition) is 2. The van der Waals surface area contributed by atoms with Gasteiger partial charge < -0.3 is 14.8 Å². The zero-order valence-corrected chi connectivity index (χ0v) is 21.1. The van der Waals surface area contributed by atoms with Crippen LogP contribution in [-0.2, 0) is 14.8 Å². The van der Waals surface area contributed by atoms with Crippen LogP contribution in [-0.4, -0.2) is 64.3 Å². The molecule has 0 bridgehead atoms. The summed E-state index contributed by atoms with van der Waals surface area (Å²) in [5.74, 6) is 0.155. The number of carbonyl (C=O) groups is 1. The van der Waals surface area contributed by atoms with E-state index < -0.39 is 16.1 Å². The maximum atomic E-state index is 13.2. The molecule has 2 atom stereocenters. The molecule has 0 unspecified atom stereocenters. The lowest BCUT2D eigenvalue weighted by atomic mass is 9.95. The standard InChI is InChI=1S/C22H25N7O5S2.2H2/c1-2-34-19-10-23-8-16(27-19)17-9-24-22(35-17)21(30)28-20(13-5-6-33-11-13)15-7-18(26-12-25-15)29-36(31,32)14-3-4-14;;/h7-10,12-14,20H,2-6,11H2,1H3,(H,28,30)(H,25,26,29);2*1H/t13-,20-;;/m1../s1. The number of ether oxygens (including phenoxy) is 2. The second kappa shape index (κ2) is 10.4. The minimum atomic E-state index is -3.48. The number of rotatable bonds is 10. The number of nitrogens with zero attached hydrogens (tertiary/aromatic N) is 5. The molecule has 1 saturated carbocycles. The van der Waals surface area contributed by atoms with Gasteiger partial charge in [-0.25, -0.2) is 28.4 Å². The number of anilines is 1. The second-order valence-electron chi connectivity index (χ2n) is 8.45. The van der Waals surface area contributed by atoms with Gasteiger partial charge in [-0.1, -0.05) is 0 Å². The number of amides is 1. The van der Waals surface area contributed by atoms with E-state index in [2.05, 4.69) is 35.0 Å². The molecule has 3 aromatic rings. The van der Waals surface area contributed by atoms with Gasteiger partial charge in [0.2, 0.25) is 15.9 Å². The fourth-order valence-corrected chi connectivity index (χ4v) is 5.94. The summed E-state index contributed by atoms with van der Waals surface area (Å²) in [5, 5.41) is 2.88. The summed E-state index contributed by atoms with van der Waals surface area (Å²) in [6, 6.07) is 1.05. The zero-order chi connectivity index (χ0) is 25.1. The third-order valence-corrected chi connectivity index (χ3v) is 8.66. The van der Waals surface area contributed by atoms with Crippen LogP contribution in [0.4, 0.5) is 5.82 Å². The van der Waals surface area contributed by atoms with Crippen molar-refractivity contribution in [3.05, 3.63) is 41.7 Å². The molecule has 0 radical (unpaired) electrons. The monoisotopic (exact) mass is 535 g/mol. The van der Waals surface area contributed by atoms with Gasteiger partial charge in [-0.2, -0.15) is 0 Å². The van der Waals surface area contributed by atoms with E-state index in [1.807, 2.05) is 6.92 Å². The predicted octanol–water partition coefficient (Wildman–Crippen LogP) is 2.69. The Balaban J connectivity index is 0.00000200. The Bertz CT molecular complexity index is 1350. The van der Waals surface area contributed by atoms with E-state index in [9.17, 15) is 13.2 Å². The van der Waals surface area contributed by atoms with Crippen LogP contribution in [0.5, 0.6) is 5.88 Å². The molecule has 2 N–H and O–H groups in total. The molecule has 1 saturated heterocycles. The molecule has 1 amide bonds. The van der Waals surface area contributed by atoms with Crippen LogP contribution in [0.25, 0.3) is 10.6 Å². The molecule has 1 aliphatic carbocycles. The average Bonchev–Trinajstić information content (AvgIpc) is 3.38. The number of carbonyl (C=O) groups excluding carboxylic acids is 1. The molecule has 14 heteroatoms. The van der Waals surface area contributed by atoms with Crippen molar-refractivity contribution >= 4 is 33.1 Å². The minimum Gasteiger partial charge on any atom is -0.477 e. The van der Waals surface area contributed by atoms with Crippen molar-refractivity contribution in [2.24, 2.45) is 5.92 Å². The van der Waals surface area contributed by atoms with E-state index in [1.54, 1.807) is 18.5 Å². The van der Waals surface area contributed by atoms with E-state index >= 15 is 0 Å². The van der Waals surface area contributed by atoms with Gasteiger partial charge in [-0.3, -0.25) is 14.5 Å². The Labute approximate surface area is 215 Å². The third-order valence-electron chi connectivity index (χ3n) is 5.80. The number of hydrogen-bond acceptors (Lipinski definition) is 11. The van der Waals surface area contributed by atoms with E-state index in [-0.39, 0.29) is 30.8 Å². The SMILES string of the molecule is CCOc1cncc(-c2cnc(C(=O)N[C@@H](c3cc(NS(=O)(=O)C4CC4)ncn3)[C@@H]3CCOC3)s2)n1.[HH].[HH]. The van der Waals surface area contributed by atoms with Crippen LogP contribution in [0.3, 0.4) is 0 Å².